The summed E-state index contributed by atoms with van der Waals surface area (Å²) in [7, 11) is 0. The van der Waals surface area contributed by atoms with Gasteiger partial charge in [0.15, 0.2) is 0 Å². The van der Waals surface area contributed by atoms with E-state index in [9.17, 15) is 5.11 Å². The van der Waals surface area contributed by atoms with Gasteiger partial charge in [-0.1, -0.05) is 19.8 Å². The van der Waals surface area contributed by atoms with Crippen LogP contribution in [-0.2, 0) is 4.74 Å². The van der Waals surface area contributed by atoms with Crippen molar-refractivity contribution in [1.29, 1.82) is 0 Å². The molecule has 82 valence electrons. The third kappa shape index (κ3) is 1.96. The molecule has 0 radical (unpaired) electrons. The molecular formula is C12H22O2. The first kappa shape index (κ1) is 10.4. The molecule has 1 N–H and O–H groups in total. The predicted octanol–water partition coefficient (Wildman–Crippen LogP) is 2.50. The molecule has 0 bridgehead atoms. The number of ether oxygens (including phenoxy) is 1. The Morgan fingerprint density at radius 1 is 1.43 bits per heavy atom. The van der Waals surface area contributed by atoms with Gasteiger partial charge in [-0.15, -0.1) is 0 Å². The zero-order valence-electron chi connectivity index (χ0n) is 9.17. The summed E-state index contributed by atoms with van der Waals surface area (Å²) in [5.41, 5.74) is 0.166. The van der Waals surface area contributed by atoms with Crippen LogP contribution in [0.15, 0.2) is 0 Å². The SMILES string of the molecule is CCC(O)C1CCOC2(CCCC2)C1. The average molecular weight is 198 g/mol. The van der Waals surface area contributed by atoms with Crippen molar-refractivity contribution in [2.75, 3.05) is 6.61 Å². The number of rotatable bonds is 2. The first-order chi connectivity index (χ1) is 6.76. The number of aliphatic hydroxyl groups excluding tert-OH is 1. The smallest absolute Gasteiger partial charge is 0.0686 e. The van der Waals surface area contributed by atoms with Gasteiger partial charge < -0.3 is 9.84 Å². The van der Waals surface area contributed by atoms with E-state index < -0.39 is 0 Å². The first-order valence-electron chi connectivity index (χ1n) is 6.08. The van der Waals surface area contributed by atoms with E-state index in [1.165, 1.54) is 25.7 Å². The van der Waals surface area contributed by atoms with Crippen molar-refractivity contribution in [3.63, 3.8) is 0 Å². The third-order valence-electron chi connectivity index (χ3n) is 4.01. The summed E-state index contributed by atoms with van der Waals surface area (Å²) in [6, 6.07) is 0. The topological polar surface area (TPSA) is 29.5 Å². The Hall–Kier alpha value is -0.0800. The average Bonchev–Trinajstić information content (AvgIpc) is 2.65. The third-order valence-corrected chi connectivity index (χ3v) is 4.01. The van der Waals surface area contributed by atoms with Crippen molar-refractivity contribution in [1.82, 2.24) is 0 Å². The van der Waals surface area contributed by atoms with E-state index in [2.05, 4.69) is 6.92 Å². The van der Waals surface area contributed by atoms with Gasteiger partial charge in [0, 0.05) is 6.61 Å². The lowest BCUT2D eigenvalue weighted by Gasteiger charge is -2.39. The van der Waals surface area contributed by atoms with Gasteiger partial charge in [0.05, 0.1) is 11.7 Å². The molecule has 2 aliphatic rings. The molecule has 0 amide bonds. The molecule has 1 aliphatic heterocycles. The van der Waals surface area contributed by atoms with Crippen LogP contribution in [0, 0.1) is 5.92 Å². The molecule has 2 atom stereocenters. The first-order valence-corrected chi connectivity index (χ1v) is 6.08. The van der Waals surface area contributed by atoms with Crippen LogP contribution >= 0.6 is 0 Å². The van der Waals surface area contributed by atoms with E-state index in [-0.39, 0.29) is 11.7 Å². The zero-order chi connectivity index (χ0) is 10.0. The van der Waals surface area contributed by atoms with Crippen LogP contribution in [0.2, 0.25) is 0 Å². The van der Waals surface area contributed by atoms with Gasteiger partial charge in [0.25, 0.3) is 0 Å². The molecule has 2 heteroatoms. The summed E-state index contributed by atoms with van der Waals surface area (Å²) in [6.07, 6.45) is 8.01. The lowest BCUT2D eigenvalue weighted by atomic mass is 9.81. The molecule has 1 spiro atoms. The molecule has 14 heavy (non-hydrogen) atoms. The van der Waals surface area contributed by atoms with E-state index in [1.807, 2.05) is 0 Å². The van der Waals surface area contributed by atoms with Crippen molar-refractivity contribution >= 4 is 0 Å². The fourth-order valence-corrected chi connectivity index (χ4v) is 3.10. The molecular weight excluding hydrogens is 176 g/mol. The minimum absolute atomic E-state index is 0.101. The minimum Gasteiger partial charge on any atom is -0.393 e. The maximum Gasteiger partial charge on any atom is 0.0686 e. The van der Waals surface area contributed by atoms with Gasteiger partial charge in [-0.3, -0.25) is 0 Å². The van der Waals surface area contributed by atoms with Gasteiger partial charge >= 0.3 is 0 Å². The molecule has 0 aromatic heterocycles. The van der Waals surface area contributed by atoms with Gasteiger partial charge in [-0.05, 0) is 38.0 Å². The summed E-state index contributed by atoms with van der Waals surface area (Å²) in [5.74, 6) is 0.492. The number of hydrogen-bond acceptors (Lipinski definition) is 2. The molecule has 1 heterocycles. The molecule has 2 fully saturated rings. The van der Waals surface area contributed by atoms with Crippen molar-refractivity contribution < 1.29 is 9.84 Å². The van der Waals surface area contributed by atoms with Crippen LogP contribution in [-0.4, -0.2) is 23.4 Å². The minimum atomic E-state index is -0.101. The van der Waals surface area contributed by atoms with Gasteiger partial charge in [0.1, 0.15) is 0 Å². The van der Waals surface area contributed by atoms with E-state index >= 15 is 0 Å². The fourth-order valence-electron chi connectivity index (χ4n) is 3.10. The Morgan fingerprint density at radius 2 is 2.14 bits per heavy atom. The number of aliphatic hydroxyl groups is 1. The van der Waals surface area contributed by atoms with Crippen LogP contribution in [0.4, 0.5) is 0 Å². The molecule has 1 saturated carbocycles. The summed E-state index contributed by atoms with van der Waals surface area (Å²) >= 11 is 0. The largest absolute Gasteiger partial charge is 0.393 e. The predicted molar refractivity (Wildman–Crippen MR) is 56.2 cm³/mol. The van der Waals surface area contributed by atoms with Crippen molar-refractivity contribution in [2.45, 2.75) is 63.6 Å². The molecule has 2 nitrogen and oxygen atoms in total. The van der Waals surface area contributed by atoms with Crippen LogP contribution in [0.5, 0.6) is 0 Å². The second-order valence-corrected chi connectivity index (χ2v) is 4.97. The quantitative estimate of drug-likeness (QED) is 0.738. The van der Waals surface area contributed by atoms with E-state index in [0.29, 0.717) is 5.92 Å². The second kappa shape index (κ2) is 4.19. The highest BCUT2D eigenvalue weighted by molar-refractivity contribution is 4.92. The standard InChI is InChI=1S/C12H22O2/c1-2-11(13)10-5-8-14-12(9-10)6-3-4-7-12/h10-11,13H,2-9H2,1H3. The summed E-state index contributed by atoms with van der Waals surface area (Å²) < 4.78 is 5.94. The Balaban J connectivity index is 1.96. The van der Waals surface area contributed by atoms with Gasteiger partial charge in [0.2, 0.25) is 0 Å². The summed E-state index contributed by atoms with van der Waals surface area (Å²) in [5, 5.41) is 9.87. The molecule has 1 saturated heterocycles. The fraction of sp³-hybridized carbons (Fsp3) is 1.00. The van der Waals surface area contributed by atoms with Crippen LogP contribution in [0.3, 0.4) is 0 Å². The zero-order valence-corrected chi connectivity index (χ0v) is 9.17. The van der Waals surface area contributed by atoms with Crippen LogP contribution in [0.25, 0.3) is 0 Å². The van der Waals surface area contributed by atoms with Gasteiger partial charge in [-0.25, -0.2) is 0 Å². The summed E-state index contributed by atoms with van der Waals surface area (Å²) in [4.78, 5) is 0. The van der Waals surface area contributed by atoms with E-state index in [0.717, 1.165) is 25.9 Å². The highest BCUT2D eigenvalue weighted by Gasteiger charge is 2.41. The van der Waals surface area contributed by atoms with Crippen molar-refractivity contribution in [2.24, 2.45) is 5.92 Å². The lowest BCUT2D eigenvalue weighted by Crippen LogP contribution is -2.40. The van der Waals surface area contributed by atoms with Crippen LogP contribution in [0.1, 0.15) is 51.9 Å². The summed E-state index contributed by atoms with van der Waals surface area (Å²) in [6.45, 7) is 2.93. The molecule has 0 aromatic rings. The highest BCUT2D eigenvalue weighted by atomic mass is 16.5. The molecule has 2 unspecified atom stereocenters. The van der Waals surface area contributed by atoms with E-state index in [4.69, 9.17) is 4.74 Å². The Morgan fingerprint density at radius 3 is 2.79 bits per heavy atom. The monoisotopic (exact) mass is 198 g/mol. The van der Waals surface area contributed by atoms with Gasteiger partial charge in [-0.2, -0.15) is 0 Å². The normalized spacial score (nSPS) is 33.4. The number of hydrogen-bond donors (Lipinski definition) is 1. The maximum atomic E-state index is 9.87. The Kier molecular flexibility index (Phi) is 3.13. The lowest BCUT2D eigenvalue weighted by molar-refractivity contribution is -0.112. The Bertz CT molecular complexity index is 185. The van der Waals surface area contributed by atoms with Crippen LogP contribution < -0.4 is 0 Å². The molecule has 1 aliphatic carbocycles. The van der Waals surface area contributed by atoms with Crippen molar-refractivity contribution in [3.8, 4) is 0 Å². The van der Waals surface area contributed by atoms with E-state index in [1.54, 1.807) is 0 Å². The maximum absolute atomic E-state index is 9.87. The molecule has 0 aromatic carbocycles. The highest BCUT2D eigenvalue weighted by Crippen LogP contribution is 2.43. The molecule has 2 rings (SSSR count). The van der Waals surface area contributed by atoms with Crippen molar-refractivity contribution in [3.05, 3.63) is 0 Å². The Labute approximate surface area is 86.6 Å². The second-order valence-electron chi connectivity index (χ2n) is 4.97.